The standard InChI is InChI=1S/C9H15BrN2/c1-8(10)4-3-5-9-6-7-12(2)11-9/h6-8H,3-5H2,1-2H3. The molecule has 0 radical (unpaired) electrons. The average molecular weight is 231 g/mol. The van der Waals surface area contributed by atoms with Crippen molar-refractivity contribution >= 4 is 15.9 Å². The van der Waals surface area contributed by atoms with Crippen LogP contribution in [0.25, 0.3) is 0 Å². The highest BCUT2D eigenvalue weighted by Gasteiger charge is 1.99. The van der Waals surface area contributed by atoms with E-state index < -0.39 is 0 Å². The van der Waals surface area contributed by atoms with Gasteiger partial charge in [-0.25, -0.2) is 0 Å². The SMILES string of the molecule is CC(Br)CCCc1ccn(C)n1. The summed E-state index contributed by atoms with van der Waals surface area (Å²) in [6.45, 7) is 2.18. The van der Waals surface area contributed by atoms with Gasteiger partial charge in [-0.2, -0.15) is 5.10 Å². The summed E-state index contributed by atoms with van der Waals surface area (Å²) in [4.78, 5) is 0.626. The fourth-order valence-electron chi connectivity index (χ4n) is 1.16. The predicted molar refractivity (Wildman–Crippen MR) is 54.5 cm³/mol. The van der Waals surface area contributed by atoms with Crippen LogP contribution in [0.1, 0.15) is 25.5 Å². The first kappa shape index (κ1) is 9.78. The lowest BCUT2D eigenvalue weighted by atomic mass is 10.2. The van der Waals surface area contributed by atoms with E-state index in [0.717, 1.165) is 6.42 Å². The fourth-order valence-corrected chi connectivity index (χ4v) is 1.48. The number of aryl methyl sites for hydroxylation is 2. The zero-order valence-electron chi connectivity index (χ0n) is 7.63. The minimum atomic E-state index is 0.626. The third-order valence-electron chi connectivity index (χ3n) is 1.80. The Balaban J connectivity index is 2.24. The second-order valence-corrected chi connectivity index (χ2v) is 4.72. The van der Waals surface area contributed by atoms with Gasteiger partial charge in [-0.15, -0.1) is 0 Å². The Morgan fingerprint density at radius 2 is 2.42 bits per heavy atom. The molecule has 0 fully saturated rings. The molecular weight excluding hydrogens is 216 g/mol. The van der Waals surface area contributed by atoms with E-state index in [9.17, 15) is 0 Å². The van der Waals surface area contributed by atoms with Crippen LogP contribution in [0.5, 0.6) is 0 Å². The lowest BCUT2D eigenvalue weighted by molar-refractivity contribution is 0.692. The molecule has 0 amide bonds. The molecule has 0 aliphatic rings. The smallest absolute Gasteiger partial charge is 0.0624 e. The van der Waals surface area contributed by atoms with Crippen molar-refractivity contribution in [1.29, 1.82) is 0 Å². The van der Waals surface area contributed by atoms with Gasteiger partial charge < -0.3 is 0 Å². The Morgan fingerprint density at radius 3 is 2.92 bits per heavy atom. The van der Waals surface area contributed by atoms with Crippen molar-refractivity contribution in [3.63, 3.8) is 0 Å². The lowest BCUT2D eigenvalue weighted by Gasteiger charge is -2.00. The Morgan fingerprint density at radius 1 is 1.67 bits per heavy atom. The Kier molecular flexibility index (Phi) is 3.79. The molecule has 0 saturated carbocycles. The summed E-state index contributed by atoms with van der Waals surface area (Å²) in [6.07, 6.45) is 5.52. The van der Waals surface area contributed by atoms with Crippen molar-refractivity contribution in [3.05, 3.63) is 18.0 Å². The highest BCUT2D eigenvalue weighted by Crippen LogP contribution is 2.09. The first-order chi connectivity index (χ1) is 5.68. The molecular formula is C9H15BrN2. The van der Waals surface area contributed by atoms with Crippen LogP contribution >= 0.6 is 15.9 Å². The molecule has 12 heavy (non-hydrogen) atoms. The summed E-state index contributed by atoms with van der Waals surface area (Å²) in [6, 6.07) is 2.08. The molecule has 1 aromatic heterocycles. The molecule has 0 aromatic carbocycles. The number of nitrogens with zero attached hydrogens (tertiary/aromatic N) is 2. The minimum absolute atomic E-state index is 0.626. The molecule has 0 N–H and O–H groups in total. The van der Waals surface area contributed by atoms with Crippen molar-refractivity contribution in [3.8, 4) is 0 Å². The van der Waals surface area contributed by atoms with E-state index in [1.165, 1.54) is 18.5 Å². The van der Waals surface area contributed by atoms with Crippen molar-refractivity contribution < 1.29 is 0 Å². The molecule has 0 aliphatic heterocycles. The molecule has 3 heteroatoms. The summed E-state index contributed by atoms with van der Waals surface area (Å²) in [5.74, 6) is 0. The maximum absolute atomic E-state index is 4.31. The van der Waals surface area contributed by atoms with E-state index in [0.29, 0.717) is 4.83 Å². The van der Waals surface area contributed by atoms with Crippen LogP contribution in [0.2, 0.25) is 0 Å². The first-order valence-corrected chi connectivity index (χ1v) is 5.22. The fraction of sp³-hybridized carbons (Fsp3) is 0.667. The van der Waals surface area contributed by atoms with Gasteiger partial charge in [0.05, 0.1) is 5.69 Å². The summed E-state index contributed by atoms with van der Waals surface area (Å²) in [5.41, 5.74) is 1.20. The molecule has 1 aromatic rings. The minimum Gasteiger partial charge on any atom is -0.276 e. The van der Waals surface area contributed by atoms with Crippen molar-refractivity contribution in [1.82, 2.24) is 9.78 Å². The van der Waals surface area contributed by atoms with E-state index in [1.807, 2.05) is 17.9 Å². The van der Waals surface area contributed by atoms with E-state index >= 15 is 0 Å². The van der Waals surface area contributed by atoms with Gasteiger partial charge in [-0.05, 0) is 25.3 Å². The van der Waals surface area contributed by atoms with Gasteiger partial charge in [0, 0.05) is 18.1 Å². The van der Waals surface area contributed by atoms with Gasteiger partial charge in [0.25, 0.3) is 0 Å². The number of alkyl halides is 1. The monoisotopic (exact) mass is 230 g/mol. The number of aromatic nitrogens is 2. The van der Waals surface area contributed by atoms with Crippen LogP contribution in [0.3, 0.4) is 0 Å². The maximum atomic E-state index is 4.31. The van der Waals surface area contributed by atoms with Crippen LogP contribution in [0.4, 0.5) is 0 Å². The highest BCUT2D eigenvalue weighted by atomic mass is 79.9. The van der Waals surface area contributed by atoms with Crippen LogP contribution in [0, 0.1) is 0 Å². The van der Waals surface area contributed by atoms with Gasteiger partial charge >= 0.3 is 0 Å². The van der Waals surface area contributed by atoms with Gasteiger partial charge in [0.1, 0.15) is 0 Å². The largest absolute Gasteiger partial charge is 0.276 e. The molecule has 1 unspecified atom stereocenters. The van der Waals surface area contributed by atoms with Gasteiger partial charge in [-0.3, -0.25) is 4.68 Å². The second-order valence-electron chi connectivity index (χ2n) is 3.15. The highest BCUT2D eigenvalue weighted by molar-refractivity contribution is 9.09. The van der Waals surface area contributed by atoms with Crippen LogP contribution < -0.4 is 0 Å². The molecule has 0 aliphatic carbocycles. The molecule has 0 bridgehead atoms. The molecule has 68 valence electrons. The summed E-state index contributed by atoms with van der Waals surface area (Å²) < 4.78 is 1.85. The van der Waals surface area contributed by atoms with Crippen LogP contribution in [-0.2, 0) is 13.5 Å². The molecule has 1 rings (SSSR count). The van der Waals surface area contributed by atoms with Gasteiger partial charge in [0.2, 0.25) is 0 Å². The third-order valence-corrected chi connectivity index (χ3v) is 2.26. The topological polar surface area (TPSA) is 17.8 Å². The predicted octanol–water partition coefficient (Wildman–Crippen LogP) is 2.53. The average Bonchev–Trinajstić information content (AvgIpc) is 2.35. The van der Waals surface area contributed by atoms with Gasteiger partial charge in [0.15, 0.2) is 0 Å². The van der Waals surface area contributed by atoms with E-state index in [1.54, 1.807) is 0 Å². The Hall–Kier alpha value is -0.310. The summed E-state index contributed by atoms with van der Waals surface area (Å²) in [5, 5.41) is 4.31. The normalized spacial score (nSPS) is 13.2. The van der Waals surface area contributed by atoms with E-state index in [4.69, 9.17) is 0 Å². The first-order valence-electron chi connectivity index (χ1n) is 4.31. The van der Waals surface area contributed by atoms with Gasteiger partial charge in [-0.1, -0.05) is 22.9 Å². The summed E-state index contributed by atoms with van der Waals surface area (Å²) in [7, 11) is 1.95. The zero-order valence-corrected chi connectivity index (χ0v) is 9.21. The Bertz CT molecular complexity index is 230. The molecule has 0 saturated heterocycles. The molecule has 1 heterocycles. The second kappa shape index (κ2) is 4.65. The Labute approximate surface area is 82.1 Å². The lowest BCUT2D eigenvalue weighted by Crippen LogP contribution is -1.94. The van der Waals surface area contributed by atoms with Crippen LogP contribution in [0.15, 0.2) is 12.3 Å². The molecule has 0 spiro atoms. The van der Waals surface area contributed by atoms with Crippen molar-refractivity contribution in [2.75, 3.05) is 0 Å². The zero-order chi connectivity index (χ0) is 8.97. The number of rotatable bonds is 4. The van der Waals surface area contributed by atoms with E-state index in [2.05, 4.69) is 34.0 Å². The number of hydrogen-bond donors (Lipinski definition) is 0. The van der Waals surface area contributed by atoms with Crippen LogP contribution in [-0.4, -0.2) is 14.6 Å². The summed E-state index contributed by atoms with van der Waals surface area (Å²) >= 11 is 3.53. The molecule has 1 atom stereocenters. The van der Waals surface area contributed by atoms with Crippen molar-refractivity contribution in [2.24, 2.45) is 7.05 Å². The quantitative estimate of drug-likeness (QED) is 0.728. The maximum Gasteiger partial charge on any atom is 0.0624 e. The van der Waals surface area contributed by atoms with E-state index in [-0.39, 0.29) is 0 Å². The molecule has 2 nitrogen and oxygen atoms in total. The number of halogens is 1. The van der Waals surface area contributed by atoms with Crippen molar-refractivity contribution in [2.45, 2.75) is 31.0 Å². The third kappa shape index (κ3) is 3.39. The number of hydrogen-bond acceptors (Lipinski definition) is 1.